The first kappa shape index (κ1) is 29.1. The van der Waals surface area contributed by atoms with Gasteiger partial charge in [0.15, 0.2) is 10.8 Å². The largest absolute Gasteiger partial charge is 0.461 e. The lowest BCUT2D eigenvalue weighted by Crippen LogP contribution is -2.53. The van der Waals surface area contributed by atoms with Crippen LogP contribution in [-0.2, 0) is 9.53 Å². The highest BCUT2D eigenvalue weighted by atomic mass is 19.4. The summed E-state index contributed by atoms with van der Waals surface area (Å²) in [4.78, 5) is 12.7. The van der Waals surface area contributed by atoms with E-state index in [0.29, 0.717) is 18.3 Å². The summed E-state index contributed by atoms with van der Waals surface area (Å²) in [6.07, 6.45) is -12.3. The van der Waals surface area contributed by atoms with Crippen molar-refractivity contribution in [3.05, 3.63) is 12.7 Å². The molecule has 0 aromatic heterocycles. The second kappa shape index (κ2) is 9.40. The van der Waals surface area contributed by atoms with Crippen LogP contribution in [0.5, 0.6) is 0 Å². The Bertz CT molecular complexity index is 815. The Morgan fingerprint density at radius 3 is 1.81 bits per heavy atom. The molecule has 0 N–H and O–H groups in total. The van der Waals surface area contributed by atoms with Crippen molar-refractivity contribution in [1.82, 2.24) is 0 Å². The van der Waals surface area contributed by atoms with E-state index in [1.54, 1.807) is 0 Å². The van der Waals surface area contributed by atoms with E-state index >= 15 is 0 Å². The average Bonchev–Trinajstić information content (AvgIpc) is 3.49. The molecule has 0 saturated heterocycles. The summed E-state index contributed by atoms with van der Waals surface area (Å²) in [6, 6.07) is 0. The van der Waals surface area contributed by atoms with Crippen LogP contribution in [0.4, 0.5) is 39.5 Å². The van der Waals surface area contributed by atoms with Crippen molar-refractivity contribution in [1.29, 1.82) is 0 Å². The molecule has 4 saturated carbocycles. The van der Waals surface area contributed by atoms with Crippen molar-refractivity contribution in [2.45, 2.75) is 90.3 Å². The number of fused-ring (bicyclic) bond motifs is 4. The minimum absolute atomic E-state index is 0.00389. The zero-order chi connectivity index (χ0) is 27.5. The van der Waals surface area contributed by atoms with E-state index in [0.717, 1.165) is 32.6 Å². The fourth-order valence-electron chi connectivity index (χ4n) is 7.22. The molecule has 8 atom stereocenters. The summed E-state index contributed by atoms with van der Waals surface area (Å²) in [5.41, 5.74) is -6.02. The average molecular weight is 537 g/mol. The molecule has 0 amide bonds. The number of esters is 1. The van der Waals surface area contributed by atoms with E-state index in [1.165, 1.54) is 0 Å². The normalized spacial score (nSPS) is 38.1. The van der Waals surface area contributed by atoms with Crippen LogP contribution in [0.2, 0.25) is 0 Å². The fourth-order valence-corrected chi connectivity index (χ4v) is 7.22. The first-order valence-electron chi connectivity index (χ1n) is 12.4. The van der Waals surface area contributed by atoms with E-state index in [9.17, 15) is 44.3 Å². The third-order valence-corrected chi connectivity index (χ3v) is 9.70. The van der Waals surface area contributed by atoms with Gasteiger partial charge in [-0.05, 0) is 80.5 Å². The second-order valence-corrected chi connectivity index (χ2v) is 11.1. The van der Waals surface area contributed by atoms with Gasteiger partial charge in [-0.1, -0.05) is 26.8 Å². The lowest BCUT2D eigenvalue weighted by Gasteiger charge is -2.42. The SMILES string of the molecule is C=CC(CC)(C(F)(F)F)C(F)(F)F.CC1C2CC(C1C)C(C(=O)OC1CC3CCC1C3)(C(F)(F)F)C2. The predicted molar refractivity (Wildman–Crippen MR) is 113 cm³/mol. The molecule has 0 heterocycles. The maximum Gasteiger partial charge on any atom is 0.406 e. The van der Waals surface area contributed by atoms with E-state index in [-0.39, 0.29) is 36.4 Å². The molecular weight excluding hydrogens is 503 g/mol. The highest BCUT2D eigenvalue weighted by molar-refractivity contribution is 5.79. The number of allylic oxidation sites excluding steroid dienone is 1. The summed E-state index contributed by atoms with van der Waals surface area (Å²) >= 11 is 0. The molecule has 208 valence electrons. The number of halogens is 9. The minimum atomic E-state index is -5.35. The molecular formula is C25H33F9O2. The molecule has 0 spiro atoms. The molecule has 11 heteroatoms. The van der Waals surface area contributed by atoms with E-state index in [2.05, 4.69) is 6.58 Å². The quantitative estimate of drug-likeness (QED) is 0.205. The van der Waals surface area contributed by atoms with E-state index < -0.39 is 47.7 Å². The Morgan fingerprint density at radius 2 is 1.50 bits per heavy atom. The molecule has 4 rings (SSSR count). The van der Waals surface area contributed by atoms with Crippen molar-refractivity contribution in [2.24, 2.45) is 46.3 Å². The van der Waals surface area contributed by atoms with Gasteiger partial charge in [0.05, 0.1) is 0 Å². The number of hydrogen-bond acceptors (Lipinski definition) is 2. The standard InChI is InChI=1S/C18H25F3O2.C7H8F6/c1-9-10(2)14-7-13(9)8-17(14,18(19,20)21)16(22)23-15-6-11-3-4-12(15)5-11;1-3-5(4-2,6(8,9)10)7(11,12)13/h9-15H,3-8H2,1-2H3;3H,1,4H2,2H3. The number of carbonyl (C=O) groups excluding carboxylic acids is 1. The number of rotatable bonds is 4. The van der Waals surface area contributed by atoms with Crippen LogP contribution < -0.4 is 0 Å². The van der Waals surface area contributed by atoms with Gasteiger partial charge in [-0.15, -0.1) is 6.58 Å². The molecule has 0 radical (unpaired) electrons. The molecule has 4 aliphatic rings. The van der Waals surface area contributed by atoms with Crippen molar-refractivity contribution >= 4 is 5.97 Å². The zero-order valence-corrected chi connectivity index (χ0v) is 20.5. The number of alkyl halides is 9. The van der Waals surface area contributed by atoms with Gasteiger partial charge in [-0.3, -0.25) is 4.79 Å². The maximum atomic E-state index is 14.0. The molecule has 4 fully saturated rings. The van der Waals surface area contributed by atoms with Crippen molar-refractivity contribution < 1.29 is 49.0 Å². The molecule has 0 aliphatic heterocycles. The van der Waals surface area contributed by atoms with Crippen molar-refractivity contribution in [3.8, 4) is 0 Å². The lowest BCUT2D eigenvalue weighted by molar-refractivity contribution is -0.322. The fraction of sp³-hybridized carbons (Fsp3) is 0.880. The maximum absolute atomic E-state index is 14.0. The molecule has 4 bridgehead atoms. The minimum Gasteiger partial charge on any atom is -0.461 e. The third kappa shape index (κ3) is 4.44. The smallest absolute Gasteiger partial charge is 0.406 e. The molecule has 0 aromatic carbocycles. The van der Waals surface area contributed by atoms with Crippen LogP contribution in [0.25, 0.3) is 0 Å². The number of carbonyl (C=O) groups is 1. The van der Waals surface area contributed by atoms with E-state index in [4.69, 9.17) is 4.74 Å². The first-order chi connectivity index (χ1) is 16.4. The van der Waals surface area contributed by atoms with Gasteiger partial charge in [0.2, 0.25) is 0 Å². The summed E-state index contributed by atoms with van der Waals surface area (Å²) in [7, 11) is 0. The van der Waals surface area contributed by atoms with Crippen LogP contribution in [0.3, 0.4) is 0 Å². The highest BCUT2D eigenvalue weighted by Gasteiger charge is 2.73. The summed E-state index contributed by atoms with van der Waals surface area (Å²) in [5, 5.41) is 0. The van der Waals surface area contributed by atoms with Gasteiger partial charge in [0, 0.05) is 0 Å². The highest BCUT2D eigenvalue weighted by Crippen LogP contribution is 2.67. The molecule has 0 aromatic rings. The van der Waals surface area contributed by atoms with Crippen LogP contribution in [-0.4, -0.2) is 30.6 Å². The van der Waals surface area contributed by atoms with Gasteiger partial charge in [0.1, 0.15) is 6.10 Å². The Morgan fingerprint density at radius 1 is 0.917 bits per heavy atom. The summed E-state index contributed by atoms with van der Waals surface area (Å²) in [5.74, 6) is -0.511. The lowest BCUT2D eigenvalue weighted by atomic mass is 9.65. The van der Waals surface area contributed by atoms with Gasteiger partial charge in [-0.2, -0.15) is 39.5 Å². The van der Waals surface area contributed by atoms with Gasteiger partial charge >= 0.3 is 24.5 Å². The molecule has 36 heavy (non-hydrogen) atoms. The van der Waals surface area contributed by atoms with Crippen LogP contribution in [0, 0.1) is 46.3 Å². The Kier molecular flexibility index (Phi) is 7.61. The van der Waals surface area contributed by atoms with Crippen LogP contribution in [0.1, 0.15) is 65.7 Å². The Labute approximate surface area is 205 Å². The van der Waals surface area contributed by atoms with Gasteiger partial charge < -0.3 is 4.74 Å². The molecule has 4 aliphatic carbocycles. The van der Waals surface area contributed by atoms with Gasteiger partial charge in [0.25, 0.3) is 0 Å². The Balaban J connectivity index is 0.000000240. The van der Waals surface area contributed by atoms with Crippen molar-refractivity contribution in [2.75, 3.05) is 0 Å². The topological polar surface area (TPSA) is 26.3 Å². The van der Waals surface area contributed by atoms with Gasteiger partial charge in [-0.25, -0.2) is 0 Å². The van der Waals surface area contributed by atoms with E-state index in [1.807, 2.05) is 13.8 Å². The second-order valence-electron chi connectivity index (χ2n) is 11.1. The monoisotopic (exact) mass is 536 g/mol. The summed E-state index contributed by atoms with van der Waals surface area (Å²) < 4.78 is 120. The first-order valence-corrected chi connectivity index (χ1v) is 12.4. The summed E-state index contributed by atoms with van der Waals surface area (Å²) in [6.45, 7) is 7.32. The molecule has 2 nitrogen and oxygen atoms in total. The third-order valence-electron chi connectivity index (χ3n) is 9.70. The molecule has 8 unspecified atom stereocenters. The zero-order valence-electron chi connectivity index (χ0n) is 20.5. The Hall–Kier alpha value is -1.42. The van der Waals surface area contributed by atoms with Crippen LogP contribution >= 0.6 is 0 Å². The number of ether oxygens (including phenoxy) is 1. The number of hydrogen-bond donors (Lipinski definition) is 0. The van der Waals surface area contributed by atoms with Crippen LogP contribution in [0.15, 0.2) is 12.7 Å². The van der Waals surface area contributed by atoms with Crippen molar-refractivity contribution in [3.63, 3.8) is 0 Å². The predicted octanol–water partition coefficient (Wildman–Crippen LogP) is 8.27.